The zero-order chi connectivity index (χ0) is 12.5. The fourth-order valence-electron chi connectivity index (χ4n) is 3.45. The van der Waals surface area contributed by atoms with E-state index in [0.29, 0.717) is 17.4 Å². The molecule has 3 heteroatoms. The molecule has 3 fully saturated rings. The van der Waals surface area contributed by atoms with Crippen molar-refractivity contribution in [2.75, 3.05) is 0 Å². The van der Waals surface area contributed by atoms with Gasteiger partial charge in [0.1, 0.15) is 0 Å². The smallest absolute Gasteiger partial charge is 0.251 e. The second kappa shape index (κ2) is 4.73. The number of hydrogen-bond acceptors (Lipinski definition) is 2. The molecular weight excluding hydrogens is 226 g/mol. The Balaban J connectivity index is 1.71. The van der Waals surface area contributed by atoms with E-state index in [1.54, 1.807) is 0 Å². The number of aliphatic hydroxyl groups is 1. The predicted octanol–water partition coefficient (Wildman–Crippen LogP) is 1.97. The van der Waals surface area contributed by atoms with E-state index in [1.807, 2.05) is 30.3 Å². The maximum atomic E-state index is 12.1. The standard InChI is InChI=1S/C15H19NO2/c17-14-11-8-6-10(7-9-11)13(14)16-15(18)12-4-2-1-3-5-12/h1-5,10-11,13-14,17H,6-9H2,(H,16,18)/t10?,11?,13-,14+/m0/s1. The minimum atomic E-state index is -0.356. The molecule has 0 aliphatic heterocycles. The van der Waals surface area contributed by atoms with Crippen LogP contribution in [0.3, 0.4) is 0 Å². The van der Waals surface area contributed by atoms with Gasteiger partial charge in [-0.3, -0.25) is 4.79 Å². The van der Waals surface area contributed by atoms with E-state index in [9.17, 15) is 9.90 Å². The summed E-state index contributed by atoms with van der Waals surface area (Å²) >= 11 is 0. The number of nitrogens with one attached hydrogen (secondary N) is 1. The highest BCUT2D eigenvalue weighted by molar-refractivity contribution is 5.94. The average Bonchev–Trinajstić information content (AvgIpc) is 2.44. The van der Waals surface area contributed by atoms with Crippen LogP contribution in [0.5, 0.6) is 0 Å². The zero-order valence-electron chi connectivity index (χ0n) is 10.4. The summed E-state index contributed by atoms with van der Waals surface area (Å²) in [6.45, 7) is 0. The first kappa shape index (κ1) is 11.7. The van der Waals surface area contributed by atoms with Crippen molar-refractivity contribution in [3.05, 3.63) is 35.9 Å². The highest BCUT2D eigenvalue weighted by Crippen LogP contribution is 2.41. The molecule has 3 saturated carbocycles. The first-order valence-electron chi connectivity index (χ1n) is 6.79. The van der Waals surface area contributed by atoms with E-state index in [2.05, 4.69) is 5.32 Å². The lowest BCUT2D eigenvalue weighted by atomic mass is 9.66. The highest BCUT2D eigenvalue weighted by atomic mass is 16.3. The fourth-order valence-corrected chi connectivity index (χ4v) is 3.45. The van der Waals surface area contributed by atoms with Crippen LogP contribution in [-0.4, -0.2) is 23.2 Å². The molecule has 0 aromatic heterocycles. The number of benzene rings is 1. The Labute approximate surface area is 107 Å². The molecule has 3 aliphatic carbocycles. The number of carbonyl (C=O) groups excluding carboxylic acids is 1. The van der Waals surface area contributed by atoms with Gasteiger partial charge in [-0.1, -0.05) is 18.2 Å². The molecule has 1 aromatic rings. The first-order chi connectivity index (χ1) is 8.75. The van der Waals surface area contributed by atoms with Crippen LogP contribution in [0.4, 0.5) is 0 Å². The van der Waals surface area contributed by atoms with E-state index in [-0.39, 0.29) is 18.1 Å². The molecule has 3 nitrogen and oxygen atoms in total. The van der Waals surface area contributed by atoms with Gasteiger partial charge in [0.05, 0.1) is 12.1 Å². The quantitative estimate of drug-likeness (QED) is 0.837. The first-order valence-corrected chi connectivity index (χ1v) is 6.79. The normalized spacial score (nSPS) is 34.3. The van der Waals surface area contributed by atoms with Crippen LogP contribution < -0.4 is 5.32 Å². The monoisotopic (exact) mass is 245 g/mol. The molecule has 0 heterocycles. The van der Waals surface area contributed by atoms with Gasteiger partial charge in [0.25, 0.3) is 5.91 Å². The summed E-state index contributed by atoms with van der Waals surface area (Å²) in [6, 6.07) is 9.18. The molecule has 2 bridgehead atoms. The second-order valence-electron chi connectivity index (χ2n) is 5.53. The number of rotatable bonds is 2. The molecule has 0 saturated heterocycles. The number of fused-ring (bicyclic) bond motifs is 3. The third-order valence-corrected chi connectivity index (χ3v) is 4.51. The van der Waals surface area contributed by atoms with Gasteiger partial charge in [0.15, 0.2) is 0 Å². The lowest BCUT2D eigenvalue weighted by Crippen LogP contribution is -2.56. The largest absolute Gasteiger partial charge is 0.391 e. The molecule has 1 aromatic carbocycles. The van der Waals surface area contributed by atoms with Gasteiger partial charge in [-0.15, -0.1) is 0 Å². The van der Waals surface area contributed by atoms with Crippen LogP contribution in [0.25, 0.3) is 0 Å². The predicted molar refractivity (Wildman–Crippen MR) is 69.2 cm³/mol. The van der Waals surface area contributed by atoms with Crippen molar-refractivity contribution in [1.82, 2.24) is 5.32 Å². The van der Waals surface area contributed by atoms with E-state index in [4.69, 9.17) is 0 Å². The van der Waals surface area contributed by atoms with E-state index in [0.717, 1.165) is 25.7 Å². The number of carbonyl (C=O) groups is 1. The molecule has 2 atom stereocenters. The molecular formula is C15H19NO2. The minimum Gasteiger partial charge on any atom is -0.391 e. The molecule has 1 amide bonds. The molecule has 96 valence electrons. The summed E-state index contributed by atoms with van der Waals surface area (Å²) in [5.74, 6) is 0.779. The van der Waals surface area contributed by atoms with Gasteiger partial charge in [-0.05, 0) is 49.7 Å². The maximum Gasteiger partial charge on any atom is 0.251 e. The zero-order valence-corrected chi connectivity index (χ0v) is 10.4. The van der Waals surface area contributed by atoms with Crippen molar-refractivity contribution in [3.8, 4) is 0 Å². The van der Waals surface area contributed by atoms with Crippen molar-refractivity contribution in [1.29, 1.82) is 0 Å². The van der Waals surface area contributed by atoms with E-state index in [1.165, 1.54) is 0 Å². The molecule has 0 radical (unpaired) electrons. The summed E-state index contributed by atoms with van der Waals surface area (Å²) in [5.41, 5.74) is 0.672. The van der Waals surface area contributed by atoms with Crippen LogP contribution in [-0.2, 0) is 0 Å². The van der Waals surface area contributed by atoms with Crippen LogP contribution in [0, 0.1) is 11.8 Å². The Morgan fingerprint density at radius 3 is 2.28 bits per heavy atom. The summed E-state index contributed by atoms with van der Waals surface area (Å²) < 4.78 is 0. The third-order valence-electron chi connectivity index (χ3n) is 4.51. The molecule has 2 N–H and O–H groups in total. The molecule has 18 heavy (non-hydrogen) atoms. The Hall–Kier alpha value is -1.35. The molecule has 3 aliphatic rings. The Bertz CT molecular complexity index is 421. The van der Waals surface area contributed by atoms with Crippen molar-refractivity contribution in [3.63, 3.8) is 0 Å². The average molecular weight is 245 g/mol. The molecule has 0 unspecified atom stereocenters. The van der Waals surface area contributed by atoms with Crippen molar-refractivity contribution in [2.24, 2.45) is 11.8 Å². The van der Waals surface area contributed by atoms with Gasteiger partial charge in [0, 0.05) is 5.56 Å². The number of aliphatic hydroxyl groups excluding tert-OH is 1. The van der Waals surface area contributed by atoms with Crippen LogP contribution in [0.15, 0.2) is 30.3 Å². The Morgan fingerprint density at radius 1 is 1.06 bits per heavy atom. The topological polar surface area (TPSA) is 49.3 Å². The summed E-state index contributed by atoms with van der Waals surface area (Å²) in [4.78, 5) is 12.1. The van der Waals surface area contributed by atoms with E-state index >= 15 is 0 Å². The molecule has 4 rings (SSSR count). The Morgan fingerprint density at radius 2 is 1.67 bits per heavy atom. The Kier molecular flexibility index (Phi) is 3.08. The third kappa shape index (κ3) is 2.03. The fraction of sp³-hybridized carbons (Fsp3) is 0.533. The van der Waals surface area contributed by atoms with Crippen molar-refractivity contribution >= 4 is 5.91 Å². The van der Waals surface area contributed by atoms with Gasteiger partial charge in [-0.2, -0.15) is 0 Å². The maximum absolute atomic E-state index is 12.1. The summed E-state index contributed by atoms with van der Waals surface area (Å²) in [7, 11) is 0. The van der Waals surface area contributed by atoms with Gasteiger partial charge in [0.2, 0.25) is 0 Å². The van der Waals surface area contributed by atoms with E-state index < -0.39 is 0 Å². The minimum absolute atomic E-state index is 0.0507. The lowest BCUT2D eigenvalue weighted by Gasteiger charge is -2.46. The lowest BCUT2D eigenvalue weighted by molar-refractivity contribution is -0.0293. The summed E-state index contributed by atoms with van der Waals surface area (Å²) in [5, 5.41) is 13.3. The SMILES string of the molecule is O=C(N[C@H]1C2CCC(CC2)[C@H]1O)c1ccccc1. The second-order valence-corrected chi connectivity index (χ2v) is 5.53. The number of amides is 1. The van der Waals surface area contributed by atoms with Gasteiger partial charge >= 0.3 is 0 Å². The van der Waals surface area contributed by atoms with Gasteiger partial charge in [-0.25, -0.2) is 0 Å². The molecule has 0 spiro atoms. The number of hydrogen-bond donors (Lipinski definition) is 2. The van der Waals surface area contributed by atoms with Crippen LogP contribution in [0.1, 0.15) is 36.0 Å². The van der Waals surface area contributed by atoms with Crippen molar-refractivity contribution < 1.29 is 9.90 Å². The van der Waals surface area contributed by atoms with Crippen LogP contribution >= 0.6 is 0 Å². The van der Waals surface area contributed by atoms with Crippen molar-refractivity contribution in [2.45, 2.75) is 37.8 Å². The van der Waals surface area contributed by atoms with Crippen LogP contribution in [0.2, 0.25) is 0 Å². The summed E-state index contributed by atoms with van der Waals surface area (Å²) in [6.07, 6.45) is 4.15. The highest BCUT2D eigenvalue weighted by Gasteiger charge is 2.43. The van der Waals surface area contributed by atoms with Gasteiger partial charge < -0.3 is 10.4 Å².